The second-order valence-electron chi connectivity index (χ2n) is 4.63. The quantitative estimate of drug-likeness (QED) is 0.879. The van der Waals surface area contributed by atoms with E-state index in [2.05, 4.69) is 61.6 Å². The van der Waals surface area contributed by atoms with Crippen LogP contribution in [-0.4, -0.2) is 13.7 Å². The number of hydrogen-bond donors (Lipinski definition) is 1. The van der Waals surface area contributed by atoms with Gasteiger partial charge in [-0.05, 0) is 36.2 Å². The average molecular weight is 255 g/mol. The highest BCUT2D eigenvalue weighted by atomic mass is 16.5. The van der Waals surface area contributed by atoms with Gasteiger partial charge in [-0.3, -0.25) is 0 Å². The van der Waals surface area contributed by atoms with Gasteiger partial charge in [0.2, 0.25) is 0 Å². The first-order valence-corrected chi connectivity index (χ1v) is 6.69. The maximum atomic E-state index is 5.42. The molecule has 0 bridgehead atoms. The summed E-state index contributed by atoms with van der Waals surface area (Å²) in [5.74, 6) is 0.941. The number of ether oxygens (including phenoxy) is 1. The lowest BCUT2D eigenvalue weighted by Crippen LogP contribution is -2.22. The molecule has 2 aromatic rings. The number of hydrogen-bond acceptors (Lipinski definition) is 2. The second kappa shape index (κ2) is 6.39. The van der Waals surface area contributed by atoms with Crippen LogP contribution in [-0.2, 0) is 0 Å². The Labute approximate surface area is 115 Å². The van der Waals surface area contributed by atoms with Gasteiger partial charge in [-0.1, -0.05) is 49.4 Å². The summed E-state index contributed by atoms with van der Waals surface area (Å²) < 4.78 is 5.42. The third-order valence-corrected chi connectivity index (χ3v) is 3.31. The van der Waals surface area contributed by atoms with Gasteiger partial charge in [-0.15, -0.1) is 0 Å². The van der Waals surface area contributed by atoms with Crippen LogP contribution in [0, 0.1) is 6.92 Å². The minimum absolute atomic E-state index is 0.209. The molecule has 100 valence electrons. The van der Waals surface area contributed by atoms with Crippen molar-refractivity contribution in [2.75, 3.05) is 13.7 Å². The Morgan fingerprint density at radius 3 is 2.42 bits per heavy atom. The number of benzene rings is 2. The molecule has 0 fully saturated rings. The van der Waals surface area contributed by atoms with Crippen LogP contribution in [0.3, 0.4) is 0 Å². The smallest absolute Gasteiger partial charge is 0.122 e. The molecule has 2 aromatic carbocycles. The molecule has 1 N–H and O–H groups in total. The van der Waals surface area contributed by atoms with Gasteiger partial charge in [0.25, 0.3) is 0 Å². The van der Waals surface area contributed by atoms with E-state index in [0.717, 1.165) is 17.9 Å². The van der Waals surface area contributed by atoms with Crippen LogP contribution in [0.2, 0.25) is 0 Å². The molecule has 2 rings (SSSR count). The maximum Gasteiger partial charge on any atom is 0.122 e. The summed E-state index contributed by atoms with van der Waals surface area (Å²) >= 11 is 0. The van der Waals surface area contributed by atoms with E-state index in [-0.39, 0.29) is 6.04 Å². The van der Waals surface area contributed by atoms with E-state index in [0.29, 0.717) is 0 Å². The molecule has 0 radical (unpaired) electrons. The topological polar surface area (TPSA) is 21.3 Å². The third-order valence-electron chi connectivity index (χ3n) is 3.31. The summed E-state index contributed by atoms with van der Waals surface area (Å²) in [6.45, 7) is 5.12. The van der Waals surface area contributed by atoms with Gasteiger partial charge in [0.05, 0.1) is 13.2 Å². The Kier molecular flexibility index (Phi) is 4.58. The van der Waals surface area contributed by atoms with Crippen molar-refractivity contribution in [3.63, 3.8) is 0 Å². The van der Waals surface area contributed by atoms with Gasteiger partial charge >= 0.3 is 0 Å². The Morgan fingerprint density at radius 2 is 1.79 bits per heavy atom. The van der Waals surface area contributed by atoms with Crippen LogP contribution in [0.5, 0.6) is 5.75 Å². The standard InChI is InChI=1S/C17H21NO/c1-4-18-17(14-8-6-5-7-9-14)15-11-10-13(2)16(12-15)19-3/h5-12,17-18H,4H2,1-3H3. The third kappa shape index (κ3) is 3.15. The van der Waals surface area contributed by atoms with Gasteiger partial charge in [-0.25, -0.2) is 0 Å². The Morgan fingerprint density at radius 1 is 1.05 bits per heavy atom. The van der Waals surface area contributed by atoms with Crippen molar-refractivity contribution in [3.8, 4) is 5.75 Å². The highest BCUT2D eigenvalue weighted by Crippen LogP contribution is 2.27. The molecule has 2 nitrogen and oxygen atoms in total. The molecule has 0 aliphatic carbocycles. The first-order chi connectivity index (χ1) is 9.26. The molecule has 0 aromatic heterocycles. The van der Waals surface area contributed by atoms with Gasteiger partial charge in [-0.2, -0.15) is 0 Å². The molecule has 0 amide bonds. The SMILES string of the molecule is CCNC(c1ccccc1)c1ccc(C)c(OC)c1. The lowest BCUT2D eigenvalue weighted by Gasteiger charge is -2.20. The maximum absolute atomic E-state index is 5.42. The highest BCUT2D eigenvalue weighted by molar-refractivity contribution is 5.41. The molecule has 2 heteroatoms. The fraction of sp³-hybridized carbons (Fsp3) is 0.294. The first kappa shape index (κ1) is 13.6. The first-order valence-electron chi connectivity index (χ1n) is 6.69. The normalized spacial score (nSPS) is 12.2. The molecule has 0 heterocycles. The zero-order valence-electron chi connectivity index (χ0n) is 11.8. The van der Waals surface area contributed by atoms with Crippen LogP contribution < -0.4 is 10.1 Å². The number of methoxy groups -OCH3 is 1. The Balaban J connectivity index is 2.39. The van der Waals surface area contributed by atoms with Crippen LogP contribution in [0.4, 0.5) is 0 Å². The Bertz CT molecular complexity index is 522. The monoisotopic (exact) mass is 255 g/mol. The largest absolute Gasteiger partial charge is 0.496 e. The molecule has 19 heavy (non-hydrogen) atoms. The van der Waals surface area contributed by atoms with E-state index in [9.17, 15) is 0 Å². The van der Waals surface area contributed by atoms with Gasteiger partial charge in [0.15, 0.2) is 0 Å². The summed E-state index contributed by atoms with van der Waals surface area (Å²) in [4.78, 5) is 0. The van der Waals surface area contributed by atoms with Crippen LogP contribution in [0.1, 0.15) is 29.7 Å². The van der Waals surface area contributed by atoms with Crippen LogP contribution >= 0.6 is 0 Å². The molecule has 0 aliphatic rings. The lowest BCUT2D eigenvalue weighted by molar-refractivity contribution is 0.410. The summed E-state index contributed by atoms with van der Waals surface area (Å²) in [5, 5.41) is 3.53. The summed E-state index contributed by atoms with van der Waals surface area (Å²) in [7, 11) is 1.72. The minimum atomic E-state index is 0.209. The fourth-order valence-electron chi connectivity index (χ4n) is 2.29. The Hall–Kier alpha value is -1.80. The van der Waals surface area contributed by atoms with Gasteiger partial charge in [0.1, 0.15) is 5.75 Å². The zero-order chi connectivity index (χ0) is 13.7. The number of aryl methyl sites for hydroxylation is 1. The van der Waals surface area contributed by atoms with E-state index in [4.69, 9.17) is 4.74 Å². The van der Waals surface area contributed by atoms with E-state index < -0.39 is 0 Å². The van der Waals surface area contributed by atoms with Crippen molar-refractivity contribution in [1.29, 1.82) is 0 Å². The summed E-state index contributed by atoms with van der Waals surface area (Å²) in [6, 6.07) is 17.1. The van der Waals surface area contributed by atoms with Gasteiger partial charge < -0.3 is 10.1 Å². The molecular formula is C17H21NO. The van der Waals surface area contributed by atoms with Crippen molar-refractivity contribution in [2.45, 2.75) is 19.9 Å². The molecule has 1 unspecified atom stereocenters. The van der Waals surface area contributed by atoms with Crippen LogP contribution in [0.15, 0.2) is 48.5 Å². The molecule has 0 aliphatic heterocycles. The highest BCUT2D eigenvalue weighted by Gasteiger charge is 2.13. The van der Waals surface area contributed by atoms with Crippen molar-refractivity contribution >= 4 is 0 Å². The van der Waals surface area contributed by atoms with Crippen LogP contribution in [0.25, 0.3) is 0 Å². The molecule has 0 saturated carbocycles. The molecule has 0 spiro atoms. The summed E-state index contributed by atoms with van der Waals surface area (Å²) in [5.41, 5.74) is 3.67. The molecule has 0 saturated heterocycles. The minimum Gasteiger partial charge on any atom is -0.496 e. The predicted molar refractivity (Wildman–Crippen MR) is 79.7 cm³/mol. The lowest BCUT2D eigenvalue weighted by atomic mass is 9.97. The van der Waals surface area contributed by atoms with Crippen molar-refractivity contribution in [3.05, 3.63) is 65.2 Å². The molecule has 1 atom stereocenters. The van der Waals surface area contributed by atoms with Crippen molar-refractivity contribution in [2.24, 2.45) is 0 Å². The fourth-order valence-corrected chi connectivity index (χ4v) is 2.29. The number of rotatable bonds is 5. The predicted octanol–water partition coefficient (Wildman–Crippen LogP) is 3.70. The summed E-state index contributed by atoms with van der Waals surface area (Å²) in [6.07, 6.45) is 0. The van der Waals surface area contributed by atoms with Crippen molar-refractivity contribution in [1.82, 2.24) is 5.32 Å². The average Bonchev–Trinajstić information content (AvgIpc) is 2.46. The zero-order valence-corrected chi connectivity index (χ0v) is 11.8. The van der Waals surface area contributed by atoms with E-state index in [1.54, 1.807) is 7.11 Å². The van der Waals surface area contributed by atoms with E-state index >= 15 is 0 Å². The van der Waals surface area contributed by atoms with E-state index in [1.807, 2.05) is 6.07 Å². The number of nitrogens with one attached hydrogen (secondary N) is 1. The molecular weight excluding hydrogens is 234 g/mol. The van der Waals surface area contributed by atoms with Gasteiger partial charge in [0, 0.05) is 0 Å². The van der Waals surface area contributed by atoms with Crippen molar-refractivity contribution < 1.29 is 4.74 Å². The second-order valence-corrected chi connectivity index (χ2v) is 4.63. The van der Waals surface area contributed by atoms with E-state index in [1.165, 1.54) is 11.1 Å².